The third kappa shape index (κ3) is 4.81. The van der Waals surface area contributed by atoms with Crippen molar-refractivity contribution in [2.75, 3.05) is 4.90 Å². The van der Waals surface area contributed by atoms with Crippen molar-refractivity contribution >= 4 is 28.7 Å². The number of aliphatic hydroxyl groups is 1. The minimum absolute atomic E-state index is 0.151. The number of carbonyl (C=O) groups is 2. The summed E-state index contributed by atoms with van der Waals surface area (Å²) < 4.78 is 5.94. The molecule has 0 spiro atoms. The first-order valence-electron chi connectivity index (χ1n) is 11.7. The molecule has 1 atom stereocenters. The maximum atomic E-state index is 13.3. The van der Waals surface area contributed by atoms with Gasteiger partial charge >= 0.3 is 0 Å². The summed E-state index contributed by atoms with van der Waals surface area (Å²) >= 11 is 1.45. The van der Waals surface area contributed by atoms with Gasteiger partial charge in [0.25, 0.3) is 5.91 Å². The quantitative estimate of drug-likeness (QED) is 0.287. The van der Waals surface area contributed by atoms with Crippen molar-refractivity contribution in [2.24, 2.45) is 0 Å². The molecule has 36 heavy (non-hydrogen) atoms. The second-order valence-electron chi connectivity index (χ2n) is 8.68. The predicted octanol–water partition coefficient (Wildman–Crippen LogP) is 6.95. The molecule has 1 amide bonds. The van der Waals surface area contributed by atoms with Gasteiger partial charge in [-0.05, 0) is 72.3 Å². The van der Waals surface area contributed by atoms with Crippen molar-refractivity contribution in [3.05, 3.63) is 124 Å². The van der Waals surface area contributed by atoms with Crippen LogP contribution in [0.25, 0.3) is 0 Å². The van der Waals surface area contributed by atoms with Crippen molar-refractivity contribution in [3.63, 3.8) is 0 Å². The fourth-order valence-corrected chi connectivity index (χ4v) is 5.22. The molecule has 1 aromatic heterocycles. The van der Waals surface area contributed by atoms with Gasteiger partial charge in [0.05, 0.1) is 5.57 Å². The normalized spacial score (nSPS) is 15.4. The van der Waals surface area contributed by atoms with Crippen LogP contribution in [0.15, 0.2) is 108 Å². The second kappa shape index (κ2) is 10.2. The Labute approximate surface area is 213 Å². The Kier molecular flexibility index (Phi) is 6.69. The lowest BCUT2D eigenvalue weighted by molar-refractivity contribution is -0.118. The summed E-state index contributed by atoms with van der Waals surface area (Å²) in [7, 11) is 0. The van der Waals surface area contributed by atoms with Crippen LogP contribution in [0.5, 0.6) is 11.5 Å². The van der Waals surface area contributed by atoms with Crippen LogP contribution in [0.1, 0.15) is 28.5 Å². The molecule has 1 aliphatic heterocycles. The molecular weight excluding hydrogens is 470 g/mol. The molecule has 2 heterocycles. The van der Waals surface area contributed by atoms with Crippen LogP contribution in [0, 0.1) is 6.92 Å². The van der Waals surface area contributed by atoms with E-state index in [1.807, 2.05) is 79.0 Å². The van der Waals surface area contributed by atoms with Crippen LogP contribution < -0.4 is 9.64 Å². The van der Waals surface area contributed by atoms with Crippen LogP contribution in [0.3, 0.4) is 0 Å². The maximum Gasteiger partial charge on any atom is 0.294 e. The minimum Gasteiger partial charge on any atom is -0.503 e. The Balaban J connectivity index is 1.41. The third-order valence-corrected chi connectivity index (χ3v) is 7.07. The SMILES string of the molecule is Cc1cccc(Oc2ccc(N3C(=O)C(O)=C(C(=O)CCc4ccccc4)C3c3cccs3)cc2)c1. The van der Waals surface area contributed by atoms with E-state index in [-0.39, 0.29) is 17.8 Å². The Morgan fingerprint density at radius 1 is 0.944 bits per heavy atom. The van der Waals surface area contributed by atoms with Gasteiger partial charge < -0.3 is 9.84 Å². The first kappa shape index (κ1) is 23.6. The van der Waals surface area contributed by atoms with Gasteiger partial charge in [-0.3, -0.25) is 14.5 Å². The van der Waals surface area contributed by atoms with Gasteiger partial charge in [-0.25, -0.2) is 0 Å². The van der Waals surface area contributed by atoms with Crippen LogP contribution >= 0.6 is 11.3 Å². The number of Topliss-reactive ketones (excluding diaryl/α,β-unsaturated/α-hetero) is 1. The van der Waals surface area contributed by atoms with Gasteiger partial charge in [0.1, 0.15) is 17.5 Å². The third-order valence-electron chi connectivity index (χ3n) is 6.14. The summed E-state index contributed by atoms with van der Waals surface area (Å²) in [6.45, 7) is 2.00. The molecule has 0 radical (unpaired) electrons. The molecule has 180 valence electrons. The molecule has 5 rings (SSSR count). The zero-order valence-electron chi connectivity index (χ0n) is 19.8. The van der Waals surface area contributed by atoms with Crippen LogP contribution in [0.4, 0.5) is 5.69 Å². The van der Waals surface area contributed by atoms with Gasteiger partial charge in [-0.15, -0.1) is 11.3 Å². The lowest BCUT2D eigenvalue weighted by Gasteiger charge is -2.26. The van der Waals surface area contributed by atoms with Crippen LogP contribution in [0.2, 0.25) is 0 Å². The van der Waals surface area contributed by atoms with E-state index < -0.39 is 17.7 Å². The van der Waals surface area contributed by atoms with Gasteiger partial charge in [-0.1, -0.05) is 48.5 Å². The molecule has 1 N–H and O–H groups in total. The molecule has 0 fully saturated rings. The number of anilines is 1. The van der Waals surface area contributed by atoms with E-state index in [9.17, 15) is 14.7 Å². The van der Waals surface area contributed by atoms with Crippen molar-refractivity contribution in [1.29, 1.82) is 0 Å². The van der Waals surface area contributed by atoms with Gasteiger partial charge in [0.2, 0.25) is 0 Å². The summed E-state index contributed by atoms with van der Waals surface area (Å²) in [4.78, 5) is 28.9. The van der Waals surface area contributed by atoms with Crippen molar-refractivity contribution in [3.8, 4) is 11.5 Å². The van der Waals surface area contributed by atoms with Gasteiger partial charge in [0.15, 0.2) is 11.5 Å². The number of hydrogen-bond acceptors (Lipinski definition) is 5. The highest BCUT2D eigenvalue weighted by molar-refractivity contribution is 7.10. The second-order valence-corrected chi connectivity index (χ2v) is 9.66. The summed E-state index contributed by atoms with van der Waals surface area (Å²) in [5, 5.41) is 12.7. The fourth-order valence-electron chi connectivity index (χ4n) is 4.40. The lowest BCUT2D eigenvalue weighted by Crippen LogP contribution is -2.30. The minimum atomic E-state index is -0.677. The number of nitrogens with zero attached hydrogens (tertiary/aromatic N) is 1. The molecule has 0 saturated carbocycles. The number of ether oxygens (including phenoxy) is 1. The topological polar surface area (TPSA) is 66.8 Å². The average Bonchev–Trinajstić information content (AvgIpc) is 3.51. The van der Waals surface area contributed by atoms with Crippen LogP contribution in [-0.2, 0) is 16.0 Å². The molecule has 1 unspecified atom stereocenters. The smallest absolute Gasteiger partial charge is 0.294 e. The van der Waals surface area contributed by atoms with E-state index in [1.54, 1.807) is 24.3 Å². The molecule has 3 aromatic carbocycles. The number of aryl methyl sites for hydroxylation is 2. The highest BCUT2D eigenvalue weighted by Gasteiger charge is 2.44. The zero-order valence-corrected chi connectivity index (χ0v) is 20.6. The first-order valence-corrected chi connectivity index (χ1v) is 12.6. The summed E-state index contributed by atoms with van der Waals surface area (Å²) in [6, 6.07) is 27.7. The number of rotatable bonds is 8. The molecule has 0 aliphatic carbocycles. The van der Waals surface area contributed by atoms with E-state index in [0.29, 0.717) is 17.9 Å². The highest BCUT2D eigenvalue weighted by atomic mass is 32.1. The number of hydrogen-bond donors (Lipinski definition) is 1. The number of ketones is 1. The van der Waals surface area contributed by atoms with Gasteiger partial charge in [0, 0.05) is 17.0 Å². The van der Waals surface area contributed by atoms with E-state index in [4.69, 9.17) is 4.74 Å². The van der Waals surface area contributed by atoms with E-state index in [1.165, 1.54) is 16.2 Å². The van der Waals surface area contributed by atoms with Crippen molar-refractivity contribution in [1.82, 2.24) is 0 Å². The van der Waals surface area contributed by atoms with E-state index in [0.717, 1.165) is 21.8 Å². The standard InChI is InChI=1S/C30H25NO4S/c1-20-7-5-10-24(19-20)35-23-15-13-22(14-16-23)31-28(26-11-6-18-36-26)27(29(33)30(31)34)25(32)17-12-21-8-3-2-4-9-21/h2-11,13-16,18-19,28,33H,12,17H2,1H3. The maximum absolute atomic E-state index is 13.3. The Morgan fingerprint density at radius 2 is 1.72 bits per heavy atom. The molecule has 6 heteroatoms. The van der Waals surface area contributed by atoms with Gasteiger partial charge in [-0.2, -0.15) is 0 Å². The largest absolute Gasteiger partial charge is 0.503 e. The molecular formula is C30H25NO4S. The van der Waals surface area contributed by atoms with Crippen molar-refractivity contribution < 1.29 is 19.4 Å². The number of thiophene rings is 1. The lowest BCUT2D eigenvalue weighted by atomic mass is 9.97. The molecule has 0 bridgehead atoms. The predicted molar refractivity (Wildman–Crippen MR) is 142 cm³/mol. The van der Waals surface area contributed by atoms with Crippen LogP contribution in [-0.4, -0.2) is 16.8 Å². The molecule has 4 aromatic rings. The monoisotopic (exact) mass is 495 g/mol. The summed E-state index contributed by atoms with van der Waals surface area (Å²) in [5.74, 6) is 0.0578. The highest BCUT2D eigenvalue weighted by Crippen LogP contribution is 2.43. The average molecular weight is 496 g/mol. The summed E-state index contributed by atoms with van der Waals surface area (Å²) in [5.41, 5.74) is 2.85. The Hall–Kier alpha value is -4.16. The first-order chi connectivity index (χ1) is 17.5. The number of amides is 1. The number of carbonyl (C=O) groups excluding carboxylic acids is 2. The number of aliphatic hydroxyl groups excluding tert-OH is 1. The van der Waals surface area contributed by atoms with E-state index >= 15 is 0 Å². The summed E-state index contributed by atoms with van der Waals surface area (Å²) in [6.07, 6.45) is 0.739. The molecule has 1 aliphatic rings. The molecule has 0 saturated heterocycles. The Morgan fingerprint density at radius 3 is 2.42 bits per heavy atom. The Bertz CT molecular complexity index is 1410. The zero-order chi connectivity index (χ0) is 25.1. The fraction of sp³-hybridized carbons (Fsp3) is 0.133. The van der Waals surface area contributed by atoms with Crippen molar-refractivity contribution in [2.45, 2.75) is 25.8 Å². The number of benzene rings is 3. The molecule has 5 nitrogen and oxygen atoms in total. The van der Waals surface area contributed by atoms with E-state index in [2.05, 4.69) is 0 Å².